The maximum atomic E-state index is 12.2. The van der Waals surface area contributed by atoms with Gasteiger partial charge in [-0.25, -0.2) is 4.79 Å². The van der Waals surface area contributed by atoms with Gasteiger partial charge in [0, 0.05) is 36.5 Å². The van der Waals surface area contributed by atoms with Crippen molar-refractivity contribution >= 4 is 29.0 Å². The van der Waals surface area contributed by atoms with Crippen LogP contribution in [0.2, 0.25) is 5.15 Å². The number of hydrogen-bond acceptors (Lipinski definition) is 6. The second-order valence-corrected chi connectivity index (χ2v) is 9.77. The maximum absolute atomic E-state index is 12.2. The predicted octanol–water partition coefficient (Wildman–Crippen LogP) is 4.36. The first-order valence-corrected chi connectivity index (χ1v) is 10.7. The molecule has 2 rings (SSSR count). The van der Waals surface area contributed by atoms with Crippen molar-refractivity contribution in [2.45, 2.75) is 71.6 Å². The number of halogens is 1. The molecule has 0 aliphatic carbocycles. The molecule has 6 nitrogen and oxygen atoms in total. The van der Waals surface area contributed by atoms with Crippen molar-refractivity contribution in [1.82, 2.24) is 15.2 Å². The lowest BCUT2D eigenvalue weighted by molar-refractivity contribution is 0.0194. The van der Waals surface area contributed by atoms with Gasteiger partial charge in [-0.3, -0.25) is 0 Å². The summed E-state index contributed by atoms with van der Waals surface area (Å²) in [6, 6.07) is 0.676. The average Bonchev–Trinajstić information content (AvgIpc) is 2.93. The maximum Gasteiger partial charge on any atom is 0.410 e. The van der Waals surface area contributed by atoms with Crippen LogP contribution in [0.4, 0.5) is 4.79 Å². The van der Waals surface area contributed by atoms with Crippen LogP contribution in [0.1, 0.15) is 52.3 Å². The van der Waals surface area contributed by atoms with Gasteiger partial charge in [0.05, 0.1) is 7.11 Å². The van der Waals surface area contributed by atoms with Crippen molar-refractivity contribution in [1.29, 1.82) is 0 Å². The Kier molecular flexibility index (Phi) is 7.77. The van der Waals surface area contributed by atoms with E-state index in [1.807, 2.05) is 20.8 Å². The van der Waals surface area contributed by atoms with Crippen molar-refractivity contribution in [3.63, 3.8) is 0 Å². The van der Waals surface area contributed by atoms with E-state index >= 15 is 0 Å². The fourth-order valence-electron chi connectivity index (χ4n) is 3.07. The van der Waals surface area contributed by atoms with E-state index in [1.165, 1.54) is 11.3 Å². The lowest BCUT2D eigenvalue weighted by Gasteiger charge is -2.36. The Morgan fingerprint density at radius 3 is 2.48 bits per heavy atom. The molecule has 1 amide bonds. The van der Waals surface area contributed by atoms with E-state index in [9.17, 15) is 4.79 Å². The molecular weight excluding hydrogens is 386 g/mol. The van der Waals surface area contributed by atoms with Crippen molar-refractivity contribution in [2.75, 3.05) is 20.2 Å². The van der Waals surface area contributed by atoms with Crippen molar-refractivity contribution < 1.29 is 14.3 Å². The molecule has 1 aromatic heterocycles. The average molecular weight is 418 g/mol. The highest BCUT2D eigenvalue weighted by atomic mass is 35.5. The molecule has 154 valence electrons. The summed E-state index contributed by atoms with van der Waals surface area (Å²) in [6.45, 7) is 11.5. The first-order valence-electron chi connectivity index (χ1n) is 9.52. The van der Waals surface area contributed by atoms with Gasteiger partial charge >= 0.3 is 6.09 Å². The fourth-order valence-corrected chi connectivity index (χ4v) is 4.21. The van der Waals surface area contributed by atoms with E-state index in [1.54, 1.807) is 12.0 Å². The second kappa shape index (κ2) is 9.43. The Bertz CT molecular complexity index is 622. The van der Waals surface area contributed by atoms with Gasteiger partial charge in [-0.15, -0.1) is 0 Å². The van der Waals surface area contributed by atoms with E-state index in [2.05, 4.69) is 24.1 Å². The highest BCUT2D eigenvalue weighted by Crippen LogP contribution is 2.30. The van der Waals surface area contributed by atoms with Crippen molar-refractivity contribution in [3.8, 4) is 5.19 Å². The molecule has 1 N–H and O–H groups in total. The Morgan fingerprint density at radius 1 is 1.37 bits per heavy atom. The molecule has 0 bridgehead atoms. The number of carbonyl (C=O) groups excluding carboxylic acids is 1. The van der Waals surface area contributed by atoms with Gasteiger partial charge in [0.25, 0.3) is 5.19 Å². The Balaban J connectivity index is 1.89. The van der Waals surface area contributed by atoms with Crippen LogP contribution in [0.25, 0.3) is 0 Å². The normalized spacial score (nSPS) is 17.3. The zero-order valence-electron chi connectivity index (χ0n) is 17.2. The zero-order chi connectivity index (χ0) is 20.2. The van der Waals surface area contributed by atoms with Gasteiger partial charge in [-0.1, -0.05) is 36.8 Å². The van der Waals surface area contributed by atoms with Gasteiger partial charge in [0.1, 0.15) is 10.8 Å². The van der Waals surface area contributed by atoms with Crippen LogP contribution in [0.5, 0.6) is 5.19 Å². The first kappa shape index (κ1) is 22.2. The van der Waals surface area contributed by atoms with Crippen LogP contribution in [-0.4, -0.2) is 53.9 Å². The van der Waals surface area contributed by atoms with Crippen LogP contribution in [-0.2, 0) is 11.2 Å². The van der Waals surface area contributed by atoms with E-state index in [4.69, 9.17) is 21.1 Å². The quantitative estimate of drug-likeness (QED) is 0.744. The number of nitrogens with one attached hydrogen (secondary N) is 1. The summed E-state index contributed by atoms with van der Waals surface area (Å²) >= 11 is 7.76. The molecule has 0 saturated carbocycles. The fraction of sp³-hybridized carbons (Fsp3) is 0.789. The number of hydrogen-bond donors (Lipinski definition) is 1. The number of aromatic nitrogens is 1. The van der Waals surface area contributed by atoms with Crippen molar-refractivity contribution in [2.24, 2.45) is 5.92 Å². The topological polar surface area (TPSA) is 63.7 Å². The van der Waals surface area contributed by atoms with Crippen LogP contribution >= 0.6 is 22.9 Å². The second-order valence-electron chi connectivity index (χ2n) is 8.36. The number of likely N-dealkylation sites (tertiary alicyclic amines) is 1. The van der Waals surface area contributed by atoms with E-state index in [-0.39, 0.29) is 6.09 Å². The van der Waals surface area contributed by atoms with E-state index < -0.39 is 5.60 Å². The third kappa shape index (κ3) is 6.80. The first-order chi connectivity index (χ1) is 12.6. The predicted molar refractivity (Wildman–Crippen MR) is 110 cm³/mol. The molecule has 1 aliphatic heterocycles. The van der Waals surface area contributed by atoms with Crippen molar-refractivity contribution in [3.05, 3.63) is 10.0 Å². The highest BCUT2D eigenvalue weighted by molar-refractivity contribution is 7.13. The summed E-state index contributed by atoms with van der Waals surface area (Å²) < 4.78 is 10.7. The summed E-state index contributed by atoms with van der Waals surface area (Å²) in [4.78, 5) is 19.3. The molecular formula is C19H32ClN3O3S. The van der Waals surface area contributed by atoms with Gasteiger partial charge in [0.15, 0.2) is 0 Å². The molecule has 1 saturated heterocycles. The minimum Gasteiger partial charge on any atom is -0.473 e. The number of nitrogens with zero attached hydrogens (tertiary/aromatic N) is 2. The number of thiazole rings is 1. The molecule has 1 atom stereocenters. The number of carbonyl (C=O) groups is 1. The largest absolute Gasteiger partial charge is 0.473 e. The Morgan fingerprint density at radius 2 is 2.00 bits per heavy atom. The third-order valence-electron chi connectivity index (χ3n) is 4.61. The van der Waals surface area contributed by atoms with Gasteiger partial charge in [-0.2, -0.15) is 4.98 Å². The van der Waals surface area contributed by atoms with Crippen LogP contribution in [0.15, 0.2) is 0 Å². The summed E-state index contributed by atoms with van der Waals surface area (Å²) in [5.41, 5.74) is -0.454. The molecule has 1 unspecified atom stereocenters. The minimum atomic E-state index is -0.454. The molecule has 0 aromatic carbocycles. The lowest BCUT2D eigenvalue weighted by Crippen LogP contribution is -2.50. The standard InChI is InChI=1S/C19H32ClN3O3S/c1-12(2)14(11-15-16(20)22-17(25-6)27-15)21-13-7-9-23(10-8-13)18(24)26-19(3,4)5/h12-14,21H,7-11H2,1-6H3. The van der Waals surface area contributed by atoms with Crippen LogP contribution in [0.3, 0.4) is 0 Å². The Labute approximate surface area is 171 Å². The summed E-state index contributed by atoms with van der Waals surface area (Å²) in [7, 11) is 1.61. The molecule has 1 aromatic rings. The number of rotatable bonds is 6. The van der Waals surface area contributed by atoms with E-state index in [0.29, 0.717) is 41.4 Å². The third-order valence-corrected chi connectivity index (χ3v) is 6.07. The molecule has 1 aliphatic rings. The minimum absolute atomic E-state index is 0.218. The van der Waals surface area contributed by atoms with Crippen LogP contribution < -0.4 is 10.1 Å². The summed E-state index contributed by atoms with van der Waals surface area (Å²) in [6.07, 6.45) is 2.44. The molecule has 27 heavy (non-hydrogen) atoms. The number of methoxy groups -OCH3 is 1. The molecule has 0 radical (unpaired) electrons. The van der Waals surface area contributed by atoms with Gasteiger partial charge in [0.2, 0.25) is 0 Å². The highest BCUT2D eigenvalue weighted by Gasteiger charge is 2.29. The molecule has 0 spiro atoms. The number of piperidine rings is 1. The zero-order valence-corrected chi connectivity index (χ0v) is 18.7. The Hall–Kier alpha value is -1.05. The van der Waals surface area contributed by atoms with Crippen LogP contribution in [0, 0.1) is 5.92 Å². The SMILES string of the molecule is COc1nc(Cl)c(CC(NC2CCN(C(=O)OC(C)(C)C)CC2)C(C)C)s1. The van der Waals surface area contributed by atoms with E-state index in [0.717, 1.165) is 24.1 Å². The summed E-state index contributed by atoms with van der Waals surface area (Å²) in [5.74, 6) is 0.457. The van der Waals surface area contributed by atoms with Gasteiger partial charge in [-0.05, 0) is 39.5 Å². The smallest absolute Gasteiger partial charge is 0.410 e. The monoisotopic (exact) mass is 417 g/mol. The lowest BCUT2D eigenvalue weighted by atomic mass is 9.96. The van der Waals surface area contributed by atoms with Gasteiger partial charge < -0.3 is 19.7 Å². The number of ether oxygens (including phenoxy) is 2. The molecule has 2 heterocycles. The number of amides is 1. The molecule has 1 fully saturated rings. The molecule has 8 heteroatoms. The summed E-state index contributed by atoms with van der Waals surface area (Å²) in [5, 5.41) is 4.90.